The molecule has 160 valence electrons. The number of carboxylic acid groups (broad SMARTS) is 1. The fourth-order valence-corrected chi connectivity index (χ4v) is 4.44. The molecule has 2 aromatic carbocycles. The third-order valence-corrected chi connectivity index (χ3v) is 6.43. The molecule has 1 amide bonds. The van der Waals surface area contributed by atoms with Crippen LogP contribution in [0.4, 0.5) is 5.13 Å². The highest BCUT2D eigenvalue weighted by Gasteiger charge is 2.12. The number of anilines is 1. The summed E-state index contributed by atoms with van der Waals surface area (Å²) in [7, 11) is -3.26. The second-order valence-corrected chi connectivity index (χ2v) is 9.96. The summed E-state index contributed by atoms with van der Waals surface area (Å²) < 4.78 is 23.3. The molecule has 0 aliphatic carbocycles. The summed E-state index contributed by atoms with van der Waals surface area (Å²) in [6, 6.07) is 13.1. The van der Waals surface area contributed by atoms with Gasteiger partial charge in [0.25, 0.3) is 0 Å². The van der Waals surface area contributed by atoms with Crippen molar-refractivity contribution in [3.8, 4) is 0 Å². The van der Waals surface area contributed by atoms with Gasteiger partial charge in [0.05, 0.1) is 16.2 Å². The van der Waals surface area contributed by atoms with Crippen molar-refractivity contribution in [3.63, 3.8) is 0 Å². The van der Waals surface area contributed by atoms with Gasteiger partial charge in [-0.25, -0.2) is 18.2 Å². The Morgan fingerprint density at radius 2 is 1.71 bits per heavy atom. The molecule has 0 spiro atoms. The number of carbonyl (C=O) groups excluding carboxylic acids is 1. The molecule has 31 heavy (non-hydrogen) atoms. The summed E-state index contributed by atoms with van der Waals surface area (Å²) in [6.45, 7) is 1.41. The first kappa shape index (κ1) is 22.4. The van der Waals surface area contributed by atoms with E-state index in [1.54, 1.807) is 42.5 Å². The van der Waals surface area contributed by atoms with E-state index in [1.807, 2.05) is 6.08 Å². The van der Waals surface area contributed by atoms with Crippen LogP contribution in [0.1, 0.15) is 39.0 Å². The normalized spacial score (nSPS) is 11.5. The molecule has 0 radical (unpaired) electrons. The van der Waals surface area contributed by atoms with Crippen LogP contribution in [-0.2, 0) is 21.1 Å². The monoisotopic (exact) mass is 456 g/mol. The van der Waals surface area contributed by atoms with Crippen molar-refractivity contribution in [2.24, 2.45) is 0 Å². The highest BCUT2D eigenvalue weighted by Crippen LogP contribution is 2.28. The molecule has 0 aliphatic heterocycles. The lowest BCUT2D eigenvalue weighted by Gasteiger charge is -2.03. The maximum Gasteiger partial charge on any atom is 0.335 e. The number of thiazole rings is 1. The Morgan fingerprint density at radius 3 is 2.26 bits per heavy atom. The van der Waals surface area contributed by atoms with Gasteiger partial charge in [0.15, 0.2) is 15.0 Å². The fraction of sp³-hybridized carbons (Fsp3) is 0.136. The van der Waals surface area contributed by atoms with Crippen molar-refractivity contribution < 1.29 is 23.1 Å². The Hall–Kier alpha value is -3.30. The van der Waals surface area contributed by atoms with Crippen molar-refractivity contribution in [1.29, 1.82) is 0 Å². The van der Waals surface area contributed by atoms with Gasteiger partial charge in [-0.1, -0.05) is 30.3 Å². The largest absolute Gasteiger partial charge is 0.478 e. The van der Waals surface area contributed by atoms with Crippen LogP contribution >= 0.6 is 11.3 Å². The minimum absolute atomic E-state index is 0.206. The fourth-order valence-electron chi connectivity index (χ4n) is 2.78. The van der Waals surface area contributed by atoms with Crippen molar-refractivity contribution in [3.05, 3.63) is 75.8 Å². The number of hydrogen-bond donors (Lipinski definition) is 2. The number of amides is 1. The molecular formula is C22H20N2O5S2. The molecule has 0 saturated heterocycles. The number of sulfone groups is 1. The van der Waals surface area contributed by atoms with Gasteiger partial charge in [0.1, 0.15) is 0 Å². The van der Waals surface area contributed by atoms with Crippen LogP contribution in [-0.4, -0.2) is 36.6 Å². The number of rotatable bonds is 7. The van der Waals surface area contributed by atoms with Gasteiger partial charge in [0.2, 0.25) is 5.91 Å². The lowest BCUT2D eigenvalue weighted by atomic mass is 10.1. The molecule has 0 unspecified atom stereocenters. The van der Waals surface area contributed by atoms with Gasteiger partial charge in [0, 0.05) is 24.5 Å². The molecule has 1 heterocycles. The van der Waals surface area contributed by atoms with E-state index in [-0.39, 0.29) is 16.4 Å². The summed E-state index contributed by atoms with van der Waals surface area (Å²) >= 11 is 1.34. The van der Waals surface area contributed by atoms with Gasteiger partial charge >= 0.3 is 5.97 Å². The van der Waals surface area contributed by atoms with E-state index < -0.39 is 15.8 Å². The zero-order valence-electron chi connectivity index (χ0n) is 16.8. The number of nitrogens with zero attached hydrogens (tertiary/aromatic N) is 1. The molecule has 9 heteroatoms. The minimum atomic E-state index is -3.26. The number of aromatic carboxylic acids is 1. The number of hydrogen-bond acceptors (Lipinski definition) is 6. The third-order valence-electron chi connectivity index (χ3n) is 4.32. The summed E-state index contributed by atoms with van der Waals surface area (Å²) in [5.41, 5.74) is 2.59. The van der Waals surface area contributed by atoms with Gasteiger partial charge < -0.3 is 10.4 Å². The Bertz CT molecular complexity index is 1240. The molecule has 0 saturated carbocycles. The highest BCUT2D eigenvalue weighted by atomic mass is 32.2. The molecule has 1 aromatic heterocycles. The maximum absolute atomic E-state index is 11.7. The number of aromatic nitrogens is 1. The molecule has 2 N–H and O–H groups in total. The minimum Gasteiger partial charge on any atom is -0.478 e. The Labute approximate surface area is 184 Å². The van der Waals surface area contributed by atoms with E-state index in [0.29, 0.717) is 17.2 Å². The van der Waals surface area contributed by atoms with Crippen molar-refractivity contribution in [2.75, 3.05) is 11.6 Å². The molecule has 0 fully saturated rings. The predicted molar refractivity (Wildman–Crippen MR) is 121 cm³/mol. The van der Waals surface area contributed by atoms with Crippen molar-refractivity contribution >= 4 is 50.3 Å². The molecule has 0 atom stereocenters. The summed E-state index contributed by atoms with van der Waals surface area (Å²) in [5, 5.41) is 12.2. The number of benzene rings is 2. The second kappa shape index (κ2) is 9.23. The Morgan fingerprint density at radius 1 is 1.06 bits per heavy atom. The molecule has 0 bridgehead atoms. The van der Waals surface area contributed by atoms with Crippen LogP contribution in [0.5, 0.6) is 0 Å². The van der Waals surface area contributed by atoms with E-state index >= 15 is 0 Å². The van der Waals surface area contributed by atoms with Crippen LogP contribution in [0, 0.1) is 0 Å². The van der Waals surface area contributed by atoms with Gasteiger partial charge in [-0.2, -0.15) is 0 Å². The number of nitrogens with one attached hydrogen (secondary N) is 1. The van der Waals surface area contributed by atoms with E-state index in [2.05, 4.69) is 10.3 Å². The number of carboxylic acids is 1. The first-order chi connectivity index (χ1) is 14.6. The average molecular weight is 457 g/mol. The molecule has 0 aliphatic rings. The Balaban J connectivity index is 1.87. The summed E-state index contributed by atoms with van der Waals surface area (Å²) in [4.78, 5) is 28.0. The predicted octanol–water partition coefficient (Wildman–Crippen LogP) is 3.96. The molecule has 3 aromatic rings. The van der Waals surface area contributed by atoms with Crippen LogP contribution in [0.25, 0.3) is 12.2 Å². The zero-order chi connectivity index (χ0) is 22.6. The van der Waals surface area contributed by atoms with Crippen LogP contribution in [0.3, 0.4) is 0 Å². The quantitative estimate of drug-likeness (QED) is 0.556. The Kier molecular flexibility index (Phi) is 6.67. The highest BCUT2D eigenvalue weighted by molar-refractivity contribution is 7.90. The standard InChI is InChI=1S/C22H20N2O5S2/c1-14(25)23-22-24-19(12-7-15-3-8-17(9-4-15)21(26)27)20(30-22)13-16-5-10-18(11-6-16)31(2,28)29/h3-12H,13H2,1-2H3,(H,26,27)(H,23,24,25). The van der Waals surface area contributed by atoms with Gasteiger partial charge in [-0.3, -0.25) is 4.79 Å². The summed E-state index contributed by atoms with van der Waals surface area (Å²) in [6.07, 6.45) is 5.29. The third kappa shape index (κ3) is 6.09. The first-order valence-corrected chi connectivity index (χ1v) is 11.9. The molecule has 7 nitrogen and oxygen atoms in total. The average Bonchev–Trinajstić information content (AvgIpc) is 3.06. The van der Waals surface area contributed by atoms with E-state index in [4.69, 9.17) is 5.11 Å². The topological polar surface area (TPSA) is 113 Å². The molecular weight excluding hydrogens is 436 g/mol. The summed E-state index contributed by atoms with van der Waals surface area (Å²) in [5.74, 6) is -1.21. The van der Waals surface area contributed by atoms with Gasteiger partial charge in [-0.15, -0.1) is 11.3 Å². The van der Waals surface area contributed by atoms with E-state index in [0.717, 1.165) is 22.3 Å². The van der Waals surface area contributed by atoms with E-state index in [9.17, 15) is 18.0 Å². The smallest absolute Gasteiger partial charge is 0.335 e. The van der Waals surface area contributed by atoms with Crippen LogP contribution in [0.2, 0.25) is 0 Å². The maximum atomic E-state index is 11.7. The van der Waals surface area contributed by atoms with Crippen molar-refractivity contribution in [2.45, 2.75) is 18.2 Å². The van der Waals surface area contributed by atoms with Crippen LogP contribution in [0.15, 0.2) is 53.4 Å². The zero-order valence-corrected chi connectivity index (χ0v) is 18.5. The first-order valence-electron chi connectivity index (χ1n) is 9.19. The van der Waals surface area contributed by atoms with Gasteiger partial charge in [-0.05, 0) is 41.5 Å². The lowest BCUT2D eigenvalue weighted by molar-refractivity contribution is -0.114. The lowest BCUT2D eigenvalue weighted by Crippen LogP contribution is -2.04. The van der Waals surface area contributed by atoms with Crippen molar-refractivity contribution in [1.82, 2.24) is 4.98 Å². The van der Waals surface area contributed by atoms with E-state index in [1.165, 1.54) is 30.4 Å². The SMILES string of the molecule is CC(=O)Nc1nc(C=Cc2ccc(C(=O)O)cc2)c(Cc2ccc(S(C)(=O)=O)cc2)s1. The molecule has 3 rings (SSSR count). The number of carbonyl (C=O) groups is 2. The second-order valence-electron chi connectivity index (χ2n) is 6.86. The van der Waals surface area contributed by atoms with Crippen LogP contribution < -0.4 is 5.32 Å².